The number of fused-ring (bicyclic) bond motifs is 1. The van der Waals surface area contributed by atoms with Crippen LogP contribution in [0.1, 0.15) is 11.1 Å². The molecular weight excluding hydrogens is 467 g/mol. The Morgan fingerprint density at radius 1 is 1.09 bits per heavy atom. The fourth-order valence-electron chi connectivity index (χ4n) is 4.11. The molecule has 7 nitrogen and oxygen atoms in total. The van der Waals surface area contributed by atoms with Crippen LogP contribution in [0.4, 0.5) is 4.39 Å². The predicted molar refractivity (Wildman–Crippen MR) is 126 cm³/mol. The number of carbonyl (C=O) groups is 1. The fraction of sp³-hybridized carbons (Fsp3) is 0.391. The number of benzene rings is 2. The monoisotopic (exact) mass is 492 g/mol. The number of nitrogens with zero attached hydrogens (tertiary/aromatic N) is 2. The molecule has 1 amide bonds. The quantitative estimate of drug-likeness (QED) is 0.588. The van der Waals surface area contributed by atoms with Gasteiger partial charge in [0.05, 0.1) is 38.2 Å². The van der Waals surface area contributed by atoms with Gasteiger partial charge in [-0.3, -0.25) is 4.79 Å². The Bertz CT molecular complexity index is 1170. The number of carbonyl (C=O) groups excluding carboxylic acids is 1. The molecule has 0 unspecified atom stereocenters. The average molecular weight is 493 g/mol. The van der Waals surface area contributed by atoms with E-state index in [0.29, 0.717) is 29.6 Å². The van der Waals surface area contributed by atoms with Gasteiger partial charge in [0.25, 0.3) is 5.91 Å². The number of thioether (sulfide) groups is 1. The molecule has 0 bridgehead atoms. The summed E-state index contributed by atoms with van der Waals surface area (Å²) in [5, 5.41) is 0.406. The largest absolute Gasteiger partial charge is 0.493 e. The smallest absolute Gasteiger partial charge is 0.252 e. The second-order valence-corrected chi connectivity index (χ2v) is 11.4. The molecule has 2 atom stereocenters. The molecule has 10 heteroatoms. The maximum Gasteiger partial charge on any atom is 0.252 e. The molecule has 0 saturated carbocycles. The van der Waals surface area contributed by atoms with Gasteiger partial charge < -0.3 is 14.4 Å². The SMILES string of the molecule is COc1ccc(CC(=O)N=C2S[C@H]3CS(=O)(=O)C[C@@H]3N2CCc2ccc(F)cc2)cc1OC. The zero-order valence-electron chi connectivity index (χ0n) is 18.4. The molecule has 0 aliphatic carbocycles. The maximum atomic E-state index is 13.2. The lowest BCUT2D eigenvalue weighted by atomic mass is 10.1. The first kappa shape index (κ1) is 23.6. The van der Waals surface area contributed by atoms with E-state index >= 15 is 0 Å². The van der Waals surface area contributed by atoms with Crippen molar-refractivity contribution in [3.05, 3.63) is 59.4 Å². The minimum absolute atomic E-state index is 0.0526. The average Bonchev–Trinajstić information content (AvgIpc) is 3.24. The molecule has 0 N–H and O–H groups in total. The van der Waals surface area contributed by atoms with Crippen molar-refractivity contribution in [1.29, 1.82) is 0 Å². The van der Waals surface area contributed by atoms with Crippen molar-refractivity contribution in [2.24, 2.45) is 4.99 Å². The third-order valence-corrected chi connectivity index (χ3v) is 9.00. The normalized spacial score (nSPS) is 22.4. The summed E-state index contributed by atoms with van der Waals surface area (Å²) in [6.45, 7) is 0.498. The molecule has 2 heterocycles. The summed E-state index contributed by atoms with van der Waals surface area (Å²) in [6, 6.07) is 11.3. The van der Waals surface area contributed by atoms with Gasteiger partial charge in [-0.25, -0.2) is 12.8 Å². The minimum Gasteiger partial charge on any atom is -0.493 e. The molecule has 0 radical (unpaired) electrons. The number of ether oxygens (including phenoxy) is 2. The molecule has 0 aromatic heterocycles. The van der Waals surface area contributed by atoms with Crippen LogP contribution in [-0.2, 0) is 27.5 Å². The van der Waals surface area contributed by atoms with Gasteiger partial charge in [-0.05, 0) is 41.8 Å². The fourth-order valence-corrected chi connectivity index (χ4v) is 8.10. The van der Waals surface area contributed by atoms with Gasteiger partial charge in [-0.2, -0.15) is 4.99 Å². The van der Waals surface area contributed by atoms with Gasteiger partial charge in [0.15, 0.2) is 26.5 Å². The molecule has 2 aliphatic rings. The highest BCUT2D eigenvalue weighted by Crippen LogP contribution is 2.38. The first-order chi connectivity index (χ1) is 15.8. The van der Waals surface area contributed by atoms with Crippen molar-refractivity contribution < 1.29 is 27.1 Å². The number of hydrogen-bond acceptors (Lipinski definition) is 6. The summed E-state index contributed by atoms with van der Waals surface area (Å²) in [4.78, 5) is 19.0. The molecule has 2 fully saturated rings. The van der Waals surface area contributed by atoms with Gasteiger partial charge in [0.1, 0.15) is 5.82 Å². The summed E-state index contributed by atoms with van der Waals surface area (Å²) in [7, 11) is -0.0419. The van der Waals surface area contributed by atoms with Crippen molar-refractivity contribution in [3.8, 4) is 11.5 Å². The highest BCUT2D eigenvalue weighted by Gasteiger charge is 2.48. The van der Waals surface area contributed by atoms with Gasteiger partial charge >= 0.3 is 0 Å². The Kier molecular flexibility index (Phi) is 6.94. The zero-order chi connectivity index (χ0) is 23.6. The first-order valence-corrected chi connectivity index (χ1v) is 13.2. The van der Waals surface area contributed by atoms with Crippen molar-refractivity contribution in [2.75, 3.05) is 32.3 Å². The van der Waals surface area contributed by atoms with Gasteiger partial charge in [-0.15, -0.1) is 0 Å². The predicted octanol–water partition coefficient (Wildman–Crippen LogP) is 2.73. The van der Waals surface area contributed by atoms with Crippen LogP contribution in [0.15, 0.2) is 47.5 Å². The van der Waals surface area contributed by atoms with Crippen molar-refractivity contribution in [1.82, 2.24) is 4.90 Å². The van der Waals surface area contributed by atoms with E-state index in [4.69, 9.17) is 9.47 Å². The first-order valence-electron chi connectivity index (χ1n) is 10.5. The minimum atomic E-state index is -3.12. The molecule has 33 heavy (non-hydrogen) atoms. The van der Waals surface area contributed by atoms with Crippen LogP contribution in [0.3, 0.4) is 0 Å². The summed E-state index contributed by atoms with van der Waals surface area (Å²) >= 11 is 1.35. The van der Waals surface area contributed by atoms with Gasteiger partial charge in [-0.1, -0.05) is 30.0 Å². The van der Waals surface area contributed by atoms with E-state index < -0.39 is 9.84 Å². The standard InChI is InChI=1S/C23H25FN2O5S2/c1-30-19-8-5-16(11-20(19)31-2)12-22(27)25-23-26(10-9-15-3-6-17(24)7-4-15)18-13-33(28,29)14-21(18)32-23/h3-8,11,18,21H,9-10,12-14H2,1-2H3/t18-,21-/m0/s1. The third kappa shape index (κ3) is 5.50. The number of hydrogen-bond donors (Lipinski definition) is 0. The number of sulfone groups is 1. The van der Waals surface area contributed by atoms with E-state index in [1.807, 2.05) is 4.90 Å². The number of amides is 1. The van der Waals surface area contributed by atoms with Crippen LogP contribution in [0.2, 0.25) is 0 Å². The van der Waals surface area contributed by atoms with Crippen molar-refractivity contribution in [3.63, 3.8) is 0 Å². The van der Waals surface area contributed by atoms with Crippen molar-refractivity contribution >= 4 is 32.7 Å². The van der Waals surface area contributed by atoms with Crippen LogP contribution >= 0.6 is 11.8 Å². The zero-order valence-corrected chi connectivity index (χ0v) is 20.0. The molecule has 2 aromatic rings. The summed E-state index contributed by atoms with van der Waals surface area (Å²) < 4.78 is 48.1. The van der Waals surface area contributed by atoms with E-state index in [2.05, 4.69) is 4.99 Å². The van der Waals surface area contributed by atoms with Crippen LogP contribution in [0, 0.1) is 5.82 Å². The number of methoxy groups -OCH3 is 2. The Balaban J connectivity index is 1.51. The van der Waals surface area contributed by atoms with Gasteiger partial charge in [0, 0.05) is 11.8 Å². The molecule has 176 valence electrons. The lowest BCUT2D eigenvalue weighted by Gasteiger charge is -2.24. The summed E-state index contributed by atoms with van der Waals surface area (Å²) in [5.74, 6) is 0.619. The second kappa shape index (κ2) is 9.72. The Morgan fingerprint density at radius 2 is 1.79 bits per heavy atom. The number of rotatable bonds is 7. The summed E-state index contributed by atoms with van der Waals surface area (Å²) in [6.07, 6.45) is 0.677. The molecule has 0 spiro atoms. The van der Waals surface area contributed by atoms with E-state index in [1.165, 1.54) is 31.0 Å². The molecule has 4 rings (SSSR count). The van der Waals surface area contributed by atoms with Crippen LogP contribution in [0.5, 0.6) is 11.5 Å². The molecule has 2 aromatic carbocycles. The van der Waals surface area contributed by atoms with Crippen molar-refractivity contribution in [2.45, 2.75) is 24.1 Å². The van der Waals surface area contributed by atoms with Gasteiger partial charge in [0.2, 0.25) is 0 Å². The molecular formula is C23H25FN2O5S2. The Hall–Kier alpha value is -2.59. The lowest BCUT2D eigenvalue weighted by molar-refractivity contribution is -0.117. The molecule has 2 aliphatic heterocycles. The third-order valence-electron chi connectivity index (χ3n) is 5.75. The highest BCUT2D eigenvalue weighted by atomic mass is 32.2. The Labute approximate surface area is 196 Å². The number of aliphatic imine (C=N–C) groups is 1. The van der Waals surface area contributed by atoms with Crippen LogP contribution in [-0.4, -0.2) is 68.0 Å². The maximum absolute atomic E-state index is 13.2. The summed E-state index contributed by atoms with van der Waals surface area (Å²) in [5.41, 5.74) is 1.67. The second-order valence-electron chi connectivity index (χ2n) is 8.02. The van der Waals surface area contributed by atoms with Crippen LogP contribution in [0.25, 0.3) is 0 Å². The van der Waals surface area contributed by atoms with E-state index in [1.54, 1.807) is 37.4 Å². The lowest BCUT2D eigenvalue weighted by Crippen LogP contribution is -2.39. The number of halogens is 1. The van der Waals surface area contributed by atoms with E-state index in [-0.39, 0.29) is 40.9 Å². The Morgan fingerprint density at radius 3 is 2.48 bits per heavy atom. The molecule has 2 saturated heterocycles. The van der Waals surface area contributed by atoms with Crippen LogP contribution < -0.4 is 9.47 Å². The highest BCUT2D eigenvalue weighted by molar-refractivity contribution is 8.15. The van der Waals surface area contributed by atoms with E-state index in [0.717, 1.165) is 11.1 Å². The number of amidine groups is 1. The van der Waals surface area contributed by atoms with E-state index in [9.17, 15) is 17.6 Å². The topological polar surface area (TPSA) is 85.3 Å².